The van der Waals surface area contributed by atoms with E-state index in [0.29, 0.717) is 62.1 Å². The van der Waals surface area contributed by atoms with Gasteiger partial charge in [0.05, 0.1) is 10.6 Å². The number of anilines is 2. The second kappa shape index (κ2) is 10.8. The maximum absolute atomic E-state index is 12.8. The van der Waals surface area contributed by atoms with Gasteiger partial charge in [0.2, 0.25) is 11.8 Å². The molecule has 3 fully saturated rings. The first-order valence-corrected chi connectivity index (χ1v) is 13.5. The molecule has 39 heavy (non-hydrogen) atoms. The topological polar surface area (TPSA) is 117 Å². The third kappa shape index (κ3) is 5.73. The number of likely N-dealkylation sites (tertiary alicyclic amines) is 1. The number of fused-ring (bicyclic) bond motifs is 1. The van der Waals surface area contributed by atoms with E-state index in [1.54, 1.807) is 12.1 Å². The van der Waals surface area contributed by atoms with Gasteiger partial charge in [0, 0.05) is 49.8 Å². The smallest absolute Gasteiger partial charge is 0.321 e. The number of benzene rings is 2. The van der Waals surface area contributed by atoms with E-state index in [9.17, 15) is 14.4 Å². The molecule has 3 aromatic rings. The Balaban J connectivity index is 1.17. The van der Waals surface area contributed by atoms with E-state index in [1.807, 2.05) is 65.6 Å². The molecule has 3 aliphatic heterocycles. The van der Waals surface area contributed by atoms with Gasteiger partial charge in [0.15, 0.2) is 0 Å². The highest BCUT2D eigenvalue weighted by molar-refractivity contribution is 8.18. The van der Waals surface area contributed by atoms with Gasteiger partial charge < -0.3 is 19.9 Å². The Morgan fingerprint density at radius 3 is 2.36 bits per heavy atom. The number of ether oxygens (including phenoxy) is 1. The van der Waals surface area contributed by atoms with Crippen LogP contribution >= 0.6 is 11.8 Å². The van der Waals surface area contributed by atoms with Crippen LogP contribution in [0.4, 0.5) is 21.2 Å². The van der Waals surface area contributed by atoms with Crippen molar-refractivity contribution in [1.82, 2.24) is 20.2 Å². The number of nitrogens with one attached hydrogen (secondary N) is 2. The molecule has 0 saturated carbocycles. The Morgan fingerprint density at radius 2 is 1.69 bits per heavy atom. The van der Waals surface area contributed by atoms with E-state index in [-0.39, 0.29) is 10.9 Å². The van der Waals surface area contributed by atoms with Crippen LogP contribution in [0.5, 0.6) is 5.88 Å². The fraction of sp³-hybridized carbons (Fsp3) is 0.250. The van der Waals surface area contributed by atoms with Crippen molar-refractivity contribution in [3.05, 3.63) is 82.9 Å². The normalized spacial score (nSPS) is 21.3. The largest absolute Gasteiger partial charge is 0.473 e. The highest BCUT2D eigenvalue weighted by atomic mass is 32.2. The summed E-state index contributed by atoms with van der Waals surface area (Å²) >= 11 is 0.843. The molecule has 4 heterocycles. The minimum Gasteiger partial charge on any atom is -0.473 e. The van der Waals surface area contributed by atoms with E-state index in [2.05, 4.69) is 20.5 Å². The first kappa shape index (κ1) is 24.9. The SMILES string of the molecule is O=C1NC(=O)C(=Cc2cc(OCc3ccccc3)nc(N3CC4CN(C(=O)Nc5ccccc5)CC4C3)n2)S1. The summed E-state index contributed by atoms with van der Waals surface area (Å²) in [6, 6.07) is 20.8. The monoisotopic (exact) mass is 542 g/mol. The average molecular weight is 543 g/mol. The molecular formula is C28H26N6O4S. The van der Waals surface area contributed by atoms with Gasteiger partial charge in [-0.05, 0) is 35.5 Å². The summed E-state index contributed by atoms with van der Waals surface area (Å²) in [5, 5.41) is 4.83. The zero-order valence-corrected chi connectivity index (χ0v) is 21.8. The number of carbonyl (C=O) groups is 3. The number of thioether (sulfide) groups is 1. The van der Waals surface area contributed by atoms with Crippen molar-refractivity contribution in [1.29, 1.82) is 0 Å². The van der Waals surface area contributed by atoms with Gasteiger partial charge in [-0.25, -0.2) is 9.78 Å². The Labute approximate surface area is 229 Å². The van der Waals surface area contributed by atoms with Crippen molar-refractivity contribution in [2.75, 3.05) is 36.4 Å². The summed E-state index contributed by atoms with van der Waals surface area (Å²) < 4.78 is 6.00. The van der Waals surface area contributed by atoms with Crippen molar-refractivity contribution < 1.29 is 19.1 Å². The Kier molecular flexibility index (Phi) is 6.89. The Hall–Kier alpha value is -4.38. The fourth-order valence-corrected chi connectivity index (χ4v) is 5.72. The first-order valence-electron chi connectivity index (χ1n) is 12.7. The fourth-order valence-electron chi connectivity index (χ4n) is 5.05. The molecule has 2 aromatic carbocycles. The van der Waals surface area contributed by atoms with Gasteiger partial charge in [-0.15, -0.1) is 0 Å². The molecule has 4 amide bonds. The molecule has 1 aromatic heterocycles. The molecule has 0 aliphatic carbocycles. The average Bonchev–Trinajstić information content (AvgIpc) is 3.61. The van der Waals surface area contributed by atoms with Crippen LogP contribution in [0.2, 0.25) is 0 Å². The minimum atomic E-state index is -0.443. The molecule has 198 valence electrons. The molecule has 10 nitrogen and oxygen atoms in total. The Morgan fingerprint density at radius 1 is 1.00 bits per heavy atom. The predicted octanol–water partition coefficient (Wildman–Crippen LogP) is 3.98. The number of aromatic nitrogens is 2. The molecule has 0 spiro atoms. The number of rotatable bonds is 6. The molecular weight excluding hydrogens is 516 g/mol. The lowest BCUT2D eigenvalue weighted by molar-refractivity contribution is -0.115. The summed E-state index contributed by atoms with van der Waals surface area (Å²) in [7, 11) is 0. The van der Waals surface area contributed by atoms with Crippen LogP contribution in [0.1, 0.15) is 11.3 Å². The van der Waals surface area contributed by atoms with Crippen molar-refractivity contribution in [3.8, 4) is 5.88 Å². The van der Waals surface area contributed by atoms with Gasteiger partial charge >= 0.3 is 6.03 Å². The van der Waals surface area contributed by atoms with Gasteiger partial charge in [-0.3, -0.25) is 14.9 Å². The van der Waals surface area contributed by atoms with Crippen molar-refractivity contribution in [3.63, 3.8) is 0 Å². The zero-order valence-electron chi connectivity index (χ0n) is 20.9. The second-order valence-electron chi connectivity index (χ2n) is 9.68. The summed E-state index contributed by atoms with van der Waals surface area (Å²) in [6.45, 7) is 3.04. The van der Waals surface area contributed by atoms with E-state index < -0.39 is 11.1 Å². The Bertz CT molecular complexity index is 1420. The number of para-hydroxylation sites is 1. The molecule has 2 atom stereocenters. The maximum Gasteiger partial charge on any atom is 0.321 e. The number of nitrogens with zero attached hydrogens (tertiary/aromatic N) is 4. The number of carbonyl (C=O) groups excluding carboxylic acids is 3. The van der Waals surface area contributed by atoms with Gasteiger partial charge in [-0.1, -0.05) is 48.5 Å². The molecule has 0 bridgehead atoms. The van der Waals surface area contributed by atoms with Crippen molar-refractivity contribution >= 4 is 46.7 Å². The highest BCUT2D eigenvalue weighted by Gasteiger charge is 2.42. The molecule has 3 saturated heterocycles. The first-order chi connectivity index (χ1) is 19.0. The van der Waals surface area contributed by atoms with Crippen LogP contribution < -0.4 is 20.3 Å². The second-order valence-corrected chi connectivity index (χ2v) is 10.7. The van der Waals surface area contributed by atoms with Crippen LogP contribution in [0.15, 0.2) is 71.6 Å². The third-order valence-electron chi connectivity index (χ3n) is 6.94. The number of urea groups is 1. The lowest BCUT2D eigenvalue weighted by Crippen LogP contribution is -2.36. The highest BCUT2D eigenvalue weighted by Crippen LogP contribution is 2.34. The molecule has 2 unspecified atom stereocenters. The molecule has 2 N–H and O–H groups in total. The number of hydrogen-bond donors (Lipinski definition) is 2. The number of hydrogen-bond acceptors (Lipinski definition) is 8. The lowest BCUT2D eigenvalue weighted by Gasteiger charge is -2.22. The van der Waals surface area contributed by atoms with Crippen LogP contribution in [-0.4, -0.2) is 58.2 Å². The molecule has 3 aliphatic rings. The maximum atomic E-state index is 12.8. The molecule has 11 heteroatoms. The van der Waals surface area contributed by atoms with Crippen molar-refractivity contribution in [2.24, 2.45) is 11.8 Å². The number of amides is 4. The van der Waals surface area contributed by atoms with Crippen molar-refractivity contribution in [2.45, 2.75) is 6.61 Å². The van der Waals surface area contributed by atoms with E-state index in [0.717, 1.165) is 23.0 Å². The van der Waals surface area contributed by atoms with Crippen LogP contribution in [0, 0.1) is 11.8 Å². The third-order valence-corrected chi connectivity index (χ3v) is 7.75. The van der Waals surface area contributed by atoms with Gasteiger partial charge in [0.1, 0.15) is 6.61 Å². The van der Waals surface area contributed by atoms with E-state index in [4.69, 9.17) is 9.72 Å². The standard InChI is InChI=1S/C28H26N6O4S/c35-25-23(39-28(37)32-25)11-22-12-24(38-17-18-7-3-1-4-8-18)31-26(29-22)33-13-19-15-34(16-20(19)14-33)27(36)30-21-9-5-2-6-10-21/h1-12,19-20H,13-17H2,(H,30,36)(H,32,35,37). The van der Waals surface area contributed by atoms with Gasteiger partial charge in [0.25, 0.3) is 11.1 Å². The van der Waals surface area contributed by atoms with E-state index in [1.165, 1.54) is 0 Å². The van der Waals surface area contributed by atoms with E-state index >= 15 is 0 Å². The van der Waals surface area contributed by atoms with Crippen LogP contribution in [-0.2, 0) is 11.4 Å². The summed E-state index contributed by atoms with van der Waals surface area (Å²) in [5.41, 5.74) is 2.26. The quantitative estimate of drug-likeness (QED) is 0.450. The summed E-state index contributed by atoms with van der Waals surface area (Å²) in [5.74, 6) is 1.02. The summed E-state index contributed by atoms with van der Waals surface area (Å²) in [6.07, 6.45) is 1.58. The van der Waals surface area contributed by atoms with Crippen LogP contribution in [0.25, 0.3) is 6.08 Å². The number of imide groups is 1. The molecule has 0 radical (unpaired) electrons. The zero-order chi connectivity index (χ0) is 26.8. The predicted molar refractivity (Wildman–Crippen MR) is 148 cm³/mol. The summed E-state index contributed by atoms with van der Waals surface area (Å²) in [4.78, 5) is 50.1. The van der Waals surface area contributed by atoms with Gasteiger partial charge in [-0.2, -0.15) is 4.98 Å². The van der Waals surface area contributed by atoms with Crippen LogP contribution in [0.3, 0.4) is 0 Å². The minimum absolute atomic E-state index is 0.0921. The molecule has 6 rings (SSSR count). The lowest BCUT2D eigenvalue weighted by atomic mass is 10.0.